The van der Waals surface area contributed by atoms with Crippen LogP contribution in [0, 0.1) is 12.8 Å². The predicted molar refractivity (Wildman–Crippen MR) is 97.3 cm³/mol. The van der Waals surface area contributed by atoms with Crippen molar-refractivity contribution in [1.82, 2.24) is 10.4 Å². The average molecular weight is 352 g/mol. The Labute approximate surface area is 151 Å². The molecule has 4 rings (SSSR count). The highest BCUT2D eigenvalue weighted by atomic mass is 16.5. The molecule has 1 aromatic carbocycles. The number of aliphatic hydroxyl groups excluding tert-OH is 1. The maximum atomic E-state index is 12.6. The summed E-state index contributed by atoms with van der Waals surface area (Å²) in [6.07, 6.45) is 1.11. The number of carbonyl (C=O) groups excluding carboxylic acids is 1. The van der Waals surface area contributed by atoms with E-state index in [0.29, 0.717) is 5.82 Å². The number of aromatic nitrogens is 1. The van der Waals surface area contributed by atoms with Crippen molar-refractivity contribution in [1.29, 1.82) is 0 Å². The summed E-state index contributed by atoms with van der Waals surface area (Å²) in [5.74, 6) is 0.981. The number of methoxy groups -OCH3 is 1. The summed E-state index contributed by atoms with van der Waals surface area (Å²) in [6.45, 7) is 1.90. The number of hydrogen-bond acceptors (Lipinski definition) is 6. The van der Waals surface area contributed by atoms with Crippen LogP contribution in [0.15, 0.2) is 54.4 Å². The second-order valence-corrected chi connectivity index (χ2v) is 6.39. The van der Waals surface area contributed by atoms with Gasteiger partial charge in [-0.05, 0) is 43.3 Å². The summed E-state index contributed by atoms with van der Waals surface area (Å²) in [5, 5.41) is 12.3. The molecule has 1 amide bonds. The van der Waals surface area contributed by atoms with Gasteiger partial charge in [0.2, 0.25) is 5.91 Å². The fourth-order valence-electron chi connectivity index (χ4n) is 3.28. The Morgan fingerprint density at radius 2 is 2.00 bits per heavy atom. The summed E-state index contributed by atoms with van der Waals surface area (Å²) in [5.41, 5.74) is 5.59. The van der Waals surface area contributed by atoms with Crippen molar-refractivity contribution >= 4 is 17.4 Å². The Bertz CT molecular complexity index is 865. The van der Waals surface area contributed by atoms with Gasteiger partial charge in [0.15, 0.2) is 6.23 Å². The van der Waals surface area contributed by atoms with Crippen LogP contribution >= 0.6 is 0 Å². The van der Waals surface area contributed by atoms with Crippen molar-refractivity contribution in [3.8, 4) is 5.75 Å². The highest BCUT2D eigenvalue weighted by Gasteiger charge is 2.42. The first kappa shape index (κ1) is 16.4. The SMILES string of the molecule is COc1ccc(N2C=C3NN(c4cccc(C)n4)C(O)C3CC2=O)cc1. The zero-order valence-electron chi connectivity index (χ0n) is 14.6. The highest BCUT2D eigenvalue weighted by Crippen LogP contribution is 2.35. The van der Waals surface area contributed by atoms with Crippen LogP contribution in [0.1, 0.15) is 12.1 Å². The van der Waals surface area contributed by atoms with Crippen LogP contribution in [0.3, 0.4) is 0 Å². The van der Waals surface area contributed by atoms with Gasteiger partial charge in [0.05, 0.1) is 18.7 Å². The number of fused-ring (bicyclic) bond motifs is 1. The van der Waals surface area contributed by atoms with E-state index in [2.05, 4.69) is 10.4 Å². The Balaban J connectivity index is 1.63. The van der Waals surface area contributed by atoms with E-state index in [4.69, 9.17) is 4.74 Å². The van der Waals surface area contributed by atoms with E-state index in [9.17, 15) is 9.90 Å². The predicted octanol–water partition coefficient (Wildman–Crippen LogP) is 1.94. The van der Waals surface area contributed by atoms with Crippen LogP contribution in [0.5, 0.6) is 5.75 Å². The minimum atomic E-state index is -0.850. The van der Waals surface area contributed by atoms with E-state index in [1.165, 1.54) is 0 Å². The molecule has 1 saturated heterocycles. The minimum Gasteiger partial charge on any atom is -0.497 e. The molecule has 2 aliphatic rings. The zero-order chi connectivity index (χ0) is 18.3. The number of hydrogen-bond donors (Lipinski definition) is 2. The van der Waals surface area contributed by atoms with Crippen LogP contribution in [-0.2, 0) is 4.79 Å². The Kier molecular flexibility index (Phi) is 4.00. The number of nitrogens with zero attached hydrogens (tertiary/aromatic N) is 3. The van der Waals surface area contributed by atoms with Gasteiger partial charge in [-0.2, -0.15) is 0 Å². The van der Waals surface area contributed by atoms with Crippen molar-refractivity contribution in [2.75, 3.05) is 17.0 Å². The molecule has 2 atom stereocenters. The molecule has 2 aliphatic heterocycles. The van der Waals surface area contributed by atoms with Crippen molar-refractivity contribution < 1.29 is 14.6 Å². The minimum absolute atomic E-state index is 0.0659. The summed E-state index contributed by atoms with van der Waals surface area (Å²) in [6, 6.07) is 12.9. The number of carbonyl (C=O) groups is 1. The third kappa shape index (κ3) is 2.76. The largest absolute Gasteiger partial charge is 0.497 e. The number of aliphatic hydroxyl groups is 1. The van der Waals surface area contributed by atoms with Crippen molar-refractivity contribution in [3.63, 3.8) is 0 Å². The van der Waals surface area contributed by atoms with Gasteiger partial charge in [-0.3, -0.25) is 15.1 Å². The standard InChI is InChI=1S/C19H20N4O3/c1-12-4-3-5-17(20-12)23-19(25)15-10-18(24)22(11-16(15)21-23)13-6-8-14(26-2)9-7-13/h3-9,11,15,19,21,25H,10H2,1-2H3. The topological polar surface area (TPSA) is 77.9 Å². The quantitative estimate of drug-likeness (QED) is 0.879. The second-order valence-electron chi connectivity index (χ2n) is 6.39. The lowest BCUT2D eigenvalue weighted by Gasteiger charge is -2.27. The monoisotopic (exact) mass is 352 g/mol. The van der Waals surface area contributed by atoms with Crippen molar-refractivity contribution in [2.45, 2.75) is 19.6 Å². The summed E-state index contributed by atoms with van der Waals surface area (Å²) in [7, 11) is 1.60. The summed E-state index contributed by atoms with van der Waals surface area (Å²) < 4.78 is 5.16. The summed E-state index contributed by atoms with van der Waals surface area (Å²) in [4.78, 5) is 18.6. The first-order chi connectivity index (χ1) is 12.6. The molecule has 1 aromatic heterocycles. The molecular weight excluding hydrogens is 332 g/mol. The molecule has 0 aliphatic carbocycles. The number of ether oxygens (including phenoxy) is 1. The molecule has 0 bridgehead atoms. The van der Waals surface area contributed by atoms with Gasteiger partial charge in [-0.1, -0.05) is 6.07 Å². The second kappa shape index (κ2) is 6.34. The molecule has 1 fully saturated rings. The molecule has 26 heavy (non-hydrogen) atoms. The van der Waals surface area contributed by atoms with E-state index in [0.717, 1.165) is 22.8 Å². The molecule has 0 saturated carbocycles. The number of amides is 1. The van der Waals surface area contributed by atoms with Crippen molar-refractivity contribution in [2.24, 2.45) is 5.92 Å². The molecule has 2 unspecified atom stereocenters. The molecular formula is C19H20N4O3. The maximum Gasteiger partial charge on any atom is 0.231 e. The zero-order valence-corrected chi connectivity index (χ0v) is 14.6. The van der Waals surface area contributed by atoms with Crippen LogP contribution < -0.4 is 20.1 Å². The van der Waals surface area contributed by atoms with Gasteiger partial charge in [0.1, 0.15) is 11.6 Å². The molecule has 134 valence electrons. The molecule has 0 spiro atoms. The van der Waals surface area contributed by atoms with E-state index in [1.54, 1.807) is 23.2 Å². The first-order valence-electron chi connectivity index (χ1n) is 8.42. The summed E-state index contributed by atoms with van der Waals surface area (Å²) >= 11 is 0. The number of nitrogens with one attached hydrogen (secondary N) is 1. The Morgan fingerprint density at radius 1 is 1.23 bits per heavy atom. The number of pyridine rings is 1. The molecule has 7 nitrogen and oxygen atoms in total. The van der Waals surface area contributed by atoms with Gasteiger partial charge >= 0.3 is 0 Å². The van der Waals surface area contributed by atoms with Crippen LogP contribution in [0.4, 0.5) is 11.5 Å². The van der Waals surface area contributed by atoms with E-state index < -0.39 is 6.23 Å². The average Bonchev–Trinajstić information content (AvgIpc) is 2.97. The molecule has 0 radical (unpaired) electrons. The van der Waals surface area contributed by atoms with Gasteiger partial charge in [0.25, 0.3) is 0 Å². The van der Waals surface area contributed by atoms with Crippen LogP contribution in [0.25, 0.3) is 0 Å². The van der Waals surface area contributed by atoms with Gasteiger partial charge < -0.3 is 9.84 Å². The highest BCUT2D eigenvalue weighted by molar-refractivity contribution is 5.97. The van der Waals surface area contributed by atoms with E-state index >= 15 is 0 Å². The number of rotatable bonds is 3. The number of benzene rings is 1. The molecule has 2 aromatic rings. The van der Waals surface area contributed by atoms with Crippen LogP contribution in [0.2, 0.25) is 0 Å². The normalized spacial score (nSPS) is 22.0. The van der Waals surface area contributed by atoms with E-state index in [1.807, 2.05) is 49.4 Å². The van der Waals surface area contributed by atoms with Crippen LogP contribution in [-0.4, -0.2) is 29.3 Å². The smallest absolute Gasteiger partial charge is 0.231 e. The molecule has 7 heteroatoms. The van der Waals surface area contributed by atoms with E-state index in [-0.39, 0.29) is 18.2 Å². The fourth-order valence-corrected chi connectivity index (χ4v) is 3.28. The molecule has 2 N–H and O–H groups in total. The maximum absolute atomic E-state index is 12.6. The lowest BCUT2D eigenvalue weighted by atomic mass is 9.97. The van der Waals surface area contributed by atoms with Gasteiger partial charge in [-0.15, -0.1) is 0 Å². The third-order valence-corrected chi connectivity index (χ3v) is 4.68. The number of hydrazine groups is 1. The third-order valence-electron chi connectivity index (χ3n) is 4.68. The lowest BCUT2D eigenvalue weighted by Crippen LogP contribution is -2.39. The van der Waals surface area contributed by atoms with Crippen molar-refractivity contribution in [3.05, 3.63) is 60.1 Å². The number of anilines is 2. The Morgan fingerprint density at radius 3 is 2.69 bits per heavy atom. The first-order valence-corrected chi connectivity index (χ1v) is 8.42. The van der Waals surface area contributed by atoms with Gasteiger partial charge in [-0.25, -0.2) is 9.99 Å². The lowest BCUT2D eigenvalue weighted by molar-refractivity contribution is -0.119. The Hall–Kier alpha value is -3.06. The fraction of sp³-hybridized carbons (Fsp3) is 0.263. The number of aryl methyl sites for hydroxylation is 1. The molecule has 3 heterocycles. The van der Waals surface area contributed by atoms with Gasteiger partial charge in [0, 0.05) is 24.0 Å².